The molecule has 0 saturated carbocycles. The van der Waals surface area contributed by atoms with Gasteiger partial charge in [-0.2, -0.15) is 0 Å². The minimum absolute atomic E-state index is 0.0415. The fourth-order valence-electron chi connectivity index (χ4n) is 5.48. The average molecular weight is 510 g/mol. The number of anilines is 1. The van der Waals surface area contributed by atoms with Crippen LogP contribution in [0.25, 0.3) is 11.0 Å². The molecule has 2 heterocycles. The van der Waals surface area contributed by atoms with Crippen LogP contribution in [0.1, 0.15) is 74.4 Å². The van der Waals surface area contributed by atoms with Crippen molar-refractivity contribution in [2.45, 2.75) is 71.8 Å². The number of unbranched alkanes of at least 4 members (excludes halogenated alkanes) is 1. The summed E-state index contributed by atoms with van der Waals surface area (Å²) >= 11 is 0. The van der Waals surface area contributed by atoms with Gasteiger partial charge in [0.15, 0.2) is 0 Å². The second kappa shape index (κ2) is 11.4. The molecule has 5 rings (SSSR count). The van der Waals surface area contributed by atoms with E-state index in [1.54, 1.807) is 0 Å². The third-order valence-electron chi connectivity index (χ3n) is 7.60. The largest absolute Gasteiger partial charge is 0.491 e. The van der Waals surface area contributed by atoms with Crippen molar-refractivity contribution >= 4 is 22.6 Å². The van der Waals surface area contributed by atoms with E-state index in [1.807, 2.05) is 11.0 Å². The molecule has 5 nitrogen and oxygen atoms in total. The number of rotatable bonds is 10. The zero-order valence-corrected chi connectivity index (χ0v) is 23.1. The van der Waals surface area contributed by atoms with E-state index in [2.05, 4.69) is 92.9 Å². The molecule has 3 aromatic carbocycles. The lowest BCUT2D eigenvalue weighted by Gasteiger charge is -2.19. The summed E-state index contributed by atoms with van der Waals surface area (Å²) in [5.41, 5.74) is 6.78. The molecule has 1 fully saturated rings. The minimum atomic E-state index is 0.0415. The fraction of sp³-hybridized carbons (Fsp3) is 0.394. The van der Waals surface area contributed by atoms with Crippen LogP contribution in [0.5, 0.6) is 5.75 Å². The highest BCUT2D eigenvalue weighted by Gasteiger charge is 2.34. The summed E-state index contributed by atoms with van der Waals surface area (Å²) in [6.07, 6.45) is 3.93. The molecule has 0 radical (unpaired) electrons. The Bertz CT molecular complexity index is 1400. The van der Waals surface area contributed by atoms with Gasteiger partial charge in [-0.3, -0.25) is 4.79 Å². The van der Waals surface area contributed by atoms with Crippen LogP contribution in [0.3, 0.4) is 0 Å². The van der Waals surface area contributed by atoms with Gasteiger partial charge in [0.2, 0.25) is 5.91 Å². The second-order valence-electron chi connectivity index (χ2n) is 10.8. The topological polar surface area (TPSA) is 47.4 Å². The van der Waals surface area contributed by atoms with Gasteiger partial charge in [-0.05, 0) is 72.7 Å². The lowest BCUT2D eigenvalue weighted by Crippen LogP contribution is -2.24. The molecule has 1 aromatic heterocycles. The number of hydrogen-bond acceptors (Lipinski definition) is 3. The smallest absolute Gasteiger partial charge is 0.227 e. The number of hydrogen-bond donors (Lipinski definition) is 0. The van der Waals surface area contributed by atoms with Crippen molar-refractivity contribution in [3.05, 3.63) is 89.2 Å². The number of carbonyl (C=O) groups excluding carboxylic acids is 1. The highest BCUT2D eigenvalue weighted by atomic mass is 16.5. The first-order valence-corrected chi connectivity index (χ1v) is 14.0. The van der Waals surface area contributed by atoms with Gasteiger partial charge < -0.3 is 14.2 Å². The van der Waals surface area contributed by atoms with E-state index in [0.29, 0.717) is 32.0 Å². The number of amides is 1. The molecule has 1 unspecified atom stereocenters. The summed E-state index contributed by atoms with van der Waals surface area (Å²) in [7, 11) is 0. The van der Waals surface area contributed by atoms with Crippen molar-refractivity contribution in [2.75, 3.05) is 18.1 Å². The molecule has 4 aromatic rings. The number of nitrogens with zero attached hydrogens (tertiary/aromatic N) is 3. The first-order valence-electron chi connectivity index (χ1n) is 14.0. The van der Waals surface area contributed by atoms with Gasteiger partial charge in [-0.15, -0.1) is 0 Å². The summed E-state index contributed by atoms with van der Waals surface area (Å²) in [4.78, 5) is 20.1. The number of para-hydroxylation sites is 2. The normalized spacial score (nSPS) is 15.7. The van der Waals surface area contributed by atoms with E-state index in [1.165, 1.54) is 29.5 Å². The van der Waals surface area contributed by atoms with Crippen LogP contribution in [-0.4, -0.2) is 28.6 Å². The number of fused-ring (bicyclic) bond motifs is 1. The number of benzene rings is 3. The Morgan fingerprint density at radius 1 is 1.05 bits per heavy atom. The van der Waals surface area contributed by atoms with Crippen LogP contribution in [0.15, 0.2) is 66.7 Å². The Hall–Kier alpha value is -3.60. The molecule has 0 bridgehead atoms. The van der Waals surface area contributed by atoms with E-state index < -0.39 is 0 Å². The quantitative estimate of drug-likeness (QED) is 0.224. The fourth-order valence-corrected chi connectivity index (χ4v) is 5.48. The van der Waals surface area contributed by atoms with Gasteiger partial charge in [-0.25, -0.2) is 4.98 Å². The monoisotopic (exact) mass is 509 g/mol. The number of aryl methyl sites for hydroxylation is 2. The Morgan fingerprint density at radius 3 is 2.61 bits per heavy atom. The Morgan fingerprint density at radius 2 is 1.84 bits per heavy atom. The first kappa shape index (κ1) is 26.0. The average Bonchev–Trinajstić information content (AvgIpc) is 3.48. The van der Waals surface area contributed by atoms with Crippen molar-refractivity contribution < 1.29 is 9.53 Å². The van der Waals surface area contributed by atoms with Crippen molar-refractivity contribution in [1.82, 2.24) is 9.55 Å². The summed E-state index contributed by atoms with van der Waals surface area (Å²) in [5, 5.41) is 0. The molecule has 1 aliphatic rings. The first-order chi connectivity index (χ1) is 18.4. The van der Waals surface area contributed by atoms with Crippen molar-refractivity contribution in [3.8, 4) is 5.75 Å². The maximum absolute atomic E-state index is 13.1. The van der Waals surface area contributed by atoms with E-state index in [9.17, 15) is 4.79 Å². The van der Waals surface area contributed by atoms with E-state index >= 15 is 0 Å². The molecule has 1 atom stereocenters. The highest BCUT2D eigenvalue weighted by Crippen LogP contribution is 2.34. The van der Waals surface area contributed by atoms with Crippen LogP contribution in [0.4, 0.5) is 5.69 Å². The SMILES string of the molecule is CCCCc1ccc(N2CC(c3nc4ccccc4n3CCOc3cc(C)ccc3C(C)C)CC2=O)cc1. The third kappa shape index (κ3) is 5.47. The number of carbonyl (C=O) groups is 1. The molecule has 5 heteroatoms. The van der Waals surface area contributed by atoms with Crippen LogP contribution >= 0.6 is 0 Å². The molecule has 198 valence electrons. The molecular formula is C33H39N3O2. The predicted octanol–water partition coefficient (Wildman–Crippen LogP) is 7.41. The van der Waals surface area contributed by atoms with Crippen molar-refractivity contribution in [3.63, 3.8) is 0 Å². The zero-order chi connectivity index (χ0) is 26.6. The highest BCUT2D eigenvalue weighted by molar-refractivity contribution is 5.96. The summed E-state index contributed by atoms with van der Waals surface area (Å²) in [6.45, 7) is 10.6. The third-order valence-corrected chi connectivity index (χ3v) is 7.60. The van der Waals surface area contributed by atoms with Gasteiger partial charge >= 0.3 is 0 Å². The van der Waals surface area contributed by atoms with Crippen LogP contribution in [-0.2, 0) is 17.8 Å². The van der Waals surface area contributed by atoms with Gasteiger partial charge in [0.25, 0.3) is 0 Å². The van der Waals surface area contributed by atoms with Crippen LogP contribution in [0.2, 0.25) is 0 Å². The second-order valence-corrected chi connectivity index (χ2v) is 10.8. The zero-order valence-electron chi connectivity index (χ0n) is 23.1. The molecule has 38 heavy (non-hydrogen) atoms. The summed E-state index contributed by atoms with van der Waals surface area (Å²) in [5.74, 6) is 2.52. The summed E-state index contributed by atoms with van der Waals surface area (Å²) < 4.78 is 8.60. The lowest BCUT2D eigenvalue weighted by atomic mass is 10.0. The molecular weight excluding hydrogens is 470 g/mol. The van der Waals surface area contributed by atoms with E-state index in [-0.39, 0.29) is 11.8 Å². The molecule has 0 N–H and O–H groups in total. The maximum Gasteiger partial charge on any atom is 0.227 e. The maximum atomic E-state index is 13.1. The number of imidazole rings is 1. The Kier molecular flexibility index (Phi) is 7.82. The van der Waals surface area contributed by atoms with Gasteiger partial charge in [0.1, 0.15) is 18.2 Å². The van der Waals surface area contributed by atoms with Crippen molar-refractivity contribution in [1.29, 1.82) is 0 Å². The molecule has 1 saturated heterocycles. The van der Waals surface area contributed by atoms with Crippen molar-refractivity contribution in [2.24, 2.45) is 0 Å². The van der Waals surface area contributed by atoms with Gasteiger partial charge in [-0.1, -0.05) is 63.6 Å². The standard InChI is InChI=1S/C33H39N3O2/c1-5-6-9-25-13-15-27(16-14-25)36-22-26(21-32(36)37)33-34-29-10-7-8-11-30(29)35(33)18-19-38-31-20-24(4)12-17-28(31)23(2)3/h7-8,10-17,20,23,26H,5-6,9,18-19,21-22H2,1-4H3. The summed E-state index contributed by atoms with van der Waals surface area (Å²) in [6, 6.07) is 23.2. The van der Waals surface area contributed by atoms with Crippen LogP contribution in [0, 0.1) is 6.92 Å². The molecule has 1 amide bonds. The minimum Gasteiger partial charge on any atom is -0.491 e. The molecule has 0 aliphatic carbocycles. The van der Waals surface area contributed by atoms with Gasteiger partial charge in [0, 0.05) is 24.6 Å². The van der Waals surface area contributed by atoms with E-state index in [0.717, 1.165) is 34.7 Å². The Balaban J connectivity index is 1.36. The predicted molar refractivity (Wildman–Crippen MR) is 155 cm³/mol. The number of ether oxygens (including phenoxy) is 1. The van der Waals surface area contributed by atoms with Gasteiger partial charge in [0.05, 0.1) is 17.6 Å². The molecule has 1 aliphatic heterocycles. The van der Waals surface area contributed by atoms with E-state index in [4.69, 9.17) is 9.72 Å². The number of aromatic nitrogens is 2. The Labute approximate surface area is 226 Å². The lowest BCUT2D eigenvalue weighted by molar-refractivity contribution is -0.117. The van der Waals surface area contributed by atoms with Crippen LogP contribution < -0.4 is 9.64 Å². The molecule has 0 spiro atoms.